The van der Waals surface area contributed by atoms with E-state index in [9.17, 15) is 9.59 Å². The molecule has 1 aromatic carbocycles. The van der Waals surface area contributed by atoms with Gasteiger partial charge in [-0.05, 0) is 36.3 Å². The van der Waals surface area contributed by atoms with Gasteiger partial charge in [-0.25, -0.2) is 4.79 Å². The van der Waals surface area contributed by atoms with Crippen LogP contribution in [0.1, 0.15) is 36.0 Å². The first kappa shape index (κ1) is 16.2. The summed E-state index contributed by atoms with van der Waals surface area (Å²) < 4.78 is 4.70. The average molecular weight is 332 g/mol. The van der Waals surface area contributed by atoms with E-state index >= 15 is 0 Å². The number of hydrogen-bond acceptors (Lipinski definition) is 6. The number of rotatable bonds is 4. The molecule has 128 valence electrons. The number of nitrogens with zero attached hydrogens (tertiary/aromatic N) is 4. The highest BCUT2D eigenvalue weighted by molar-refractivity contribution is 5.93. The molecule has 1 aliphatic rings. The Balaban J connectivity index is 1.70. The lowest BCUT2D eigenvalue weighted by Crippen LogP contribution is -2.37. The van der Waals surface area contributed by atoms with Crippen LogP contribution in [-0.2, 0) is 9.53 Å². The van der Waals surface area contributed by atoms with Crippen molar-refractivity contribution in [3.63, 3.8) is 0 Å². The molecule has 1 saturated heterocycles. The second-order valence-electron chi connectivity index (χ2n) is 5.73. The van der Waals surface area contributed by atoms with Crippen LogP contribution in [0.2, 0.25) is 0 Å². The highest BCUT2D eigenvalue weighted by Crippen LogP contribution is 2.14. The monoisotopic (exact) mass is 332 g/mol. The topological polar surface area (TPSA) is 86.5 Å². The lowest BCUT2D eigenvalue weighted by atomic mass is 10.2. The van der Waals surface area contributed by atoms with Crippen LogP contribution in [0, 0.1) is 0 Å². The molecule has 1 amide bonds. The third-order valence-electron chi connectivity index (χ3n) is 4.11. The van der Waals surface area contributed by atoms with Gasteiger partial charge in [0.1, 0.15) is 11.0 Å². The molecule has 3 rings (SSSR count). The van der Waals surface area contributed by atoms with Gasteiger partial charge in [0, 0.05) is 13.1 Å². The van der Waals surface area contributed by atoms with Crippen LogP contribution in [0.15, 0.2) is 18.2 Å². The minimum absolute atomic E-state index is 0.0651. The highest BCUT2D eigenvalue weighted by atomic mass is 16.7. The molecule has 2 aromatic rings. The van der Waals surface area contributed by atoms with Crippen LogP contribution in [0.4, 0.5) is 0 Å². The van der Waals surface area contributed by atoms with Crippen LogP contribution in [0.5, 0.6) is 0 Å². The van der Waals surface area contributed by atoms with Gasteiger partial charge in [0.2, 0.25) is 0 Å². The molecule has 1 aromatic heterocycles. The van der Waals surface area contributed by atoms with Gasteiger partial charge in [-0.2, -0.15) is 0 Å². The zero-order valence-electron chi connectivity index (χ0n) is 13.6. The number of benzene rings is 1. The Labute approximate surface area is 139 Å². The molecule has 8 nitrogen and oxygen atoms in total. The summed E-state index contributed by atoms with van der Waals surface area (Å²) in [5.74, 6) is -0.519. The van der Waals surface area contributed by atoms with Crippen molar-refractivity contribution in [3.8, 4) is 0 Å². The fourth-order valence-electron chi connectivity index (χ4n) is 2.77. The van der Waals surface area contributed by atoms with Gasteiger partial charge in [-0.15, -0.1) is 5.10 Å². The second-order valence-corrected chi connectivity index (χ2v) is 5.73. The molecule has 0 atom stereocenters. The zero-order valence-corrected chi connectivity index (χ0v) is 13.6. The van der Waals surface area contributed by atoms with Crippen LogP contribution >= 0.6 is 0 Å². The van der Waals surface area contributed by atoms with E-state index in [1.807, 2.05) is 4.90 Å². The predicted octanol–water partition coefficient (Wildman–Crippen LogP) is 1.05. The first-order valence-electron chi connectivity index (χ1n) is 8.04. The Morgan fingerprint density at radius 2 is 1.92 bits per heavy atom. The van der Waals surface area contributed by atoms with Crippen LogP contribution < -0.4 is 4.84 Å². The summed E-state index contributed by atoms with van der Waals surface area (Å²) in [5, 5.41) is 7.84. The summed E-state index contributed by atoms with van der Waals surface area (Å²) in [4.78, 5) is 32.4. The molecule has 0 bridgehead atoms. The molecular formula is C16H20N4O4. The van der Waals surface area contributed by atoms with E-state index in [1.165, 1.54) is 12.0 Å². The third kappa shape index (κ3) is 3.47. The minimum Gasteiger partial charge on any atom is -0.465 e. The fourth-order valence-corrected chi connectivity index (χ4v) is 2.77. The van der Waals surface area contributed by atoms with E-state index in [1.54, 1.807) is 18.2 Å². The Morgan fingerprint density at radius 1 is 1.17 bits per heavy atom. The van der Waals surface area contributed by atoms with Crippen molar-refractivity contribution < 1.29 is 19.2 Å². The Hall–Kier alpha value is -2.64. The summed E-state index contributed by atoms with van der Waals surface area (Å²) in [6, 6.07) is 4.85. The van der Waals surface area contributed by atoms with E-state index < -0.39 is 5.97 Å². The van der Waals surface area contributed by atoms with E-state index in [0.717, 1.165) is 38.8 Å². The number of carbonyl (C=O) groups is 2. The number of likely N-dealkylation sites (tertiary alicyclic amines) is 1. The maximum Gasteiger partial charge on any atom is 0.337 e. The maximum absolute atomic E-state index is 12.3. The van der Waals surface area contributed by atoms with Gasteiger partial charge in [0.05, 0.1) is 12.7 Å². The first-order chi connectivity index (χ1) is 11.7. The fraction of sp³-hybridized carbons (Fsp3) is 0.500. The molecule has 24 heavy (non-hydrogen) atoms. The van der Waals surface area contributed by atoms with E-state index in [0.29, 0.717) is 16.6 Å². The van der Waals surface area contributed by atoms with Crippen molar-refractivity contribution in [2.24, 2.45) is 0 Å². The summed E-state index contributed by atoms with van der Waals surface area (Å²) in [6.45, 7) is 1.43. The summed E-state index contributed by atoms with van der Waals surface area (Å²) >= 11 is 0. The molecule has 0 saturated carbocycles. The van der Waals surface area contributed by atoms with Crippen molar-refractivity contribution >= 4 is 22.9 Å². The van der Waals surface area contributed by atoms with Gasteiger partial charge in [-0.3, -0.25) is 4.79 Å². The molecule has 0 aliphatic carbocycles. The van der Waals surface area contributed by atoms with Crippen LogP contribution in [0.25, 0.3) is 11.0 Å². The molecule has 0 N–H and O–H groups in total. The molecule has 8 heteroatoms. The van der Waals surface area contributed by atoms with Gasteiger partial charge >= 0.3 is 5.97 Å². The van der Waals surface area contributed by atoms with Crippen LogP contribution in [-0.4, -0.2) is 58.7 Å². The number of ether oxygens (including phenoxy) is 1. The summed E-state index contributed by atoms with van der Waals surface area (Å²) in [6.07, 6.45) is 4.38. The standard InChI is InChI=1S/C16H20N4O4/c1-23-16(22)12-6-7-13-14(10-12)20(18-17-13)24-11-15(21)19-8-4-2-3-5-9-19/h6-7,10H,2-5,8-9,11H2,1H3. The van der Waals surface area contributed by atoms with E-state index in [4.69, 9.17) is 9.57 Å². The molecule has 1 fully saturated rings. The average Bonchev–Trinajstić information content (AvgIpc) is 2.82. The normalized spacial score (nSPS) is 15.1. The number of carbonyl (C=O) groups excluding carboxylic acids is 2. The predicted molar refractivity (Wildman–Crippen MR) is 85.4 cm³/mol. The number of methoxy groups -OCH3 is 1. The van der Waals surface area contributed by atoms with Crippen molar-refractivity contribution in [3.05, 3.63) is 23.8 Å². The largest absolute Gasteiger partial charge is 0.465 e. The number of amides is 1. The van der Waals surface area contributed by atoms with Crippen molar-refractivity contribution in [1.82, 2.24) is 20.1 Å². The molecule has 1 aliphatic heterocycles. The van der Waals surface area contributed by atoms with E-state index in [-0.39, 0.29) is 12.5 Å². The van der Waals surface area contributed by atoms with Gasteiger partial charge in [-0.1, -0.05) is 17.7 Å². The smallest absolute Gasteiger partial charge is 0.337 e. The molecular weight excluding hydrogens is 312 g/mol. The third-order valence-corrected chi connectivity index (χ3v) is 4.11. The SMILES string of the molecule is COC(=O)c1ccc2nnn(OCC(=O)N3CCCCCC3)c2c1. The van der Waals surface area contributed by atoms with Crippen molar-refractivity contribution in [2.45, 2.75) is 25.7 Å². The van der Waals surface area contributed by atoms with Gasteiger partial charge in [0.15, 0.2) is 6.61 Å². The number of fused-ring (bicyclic) bond motifs is 1. The van der Waals surface area contributed by atoms with Crippen LogP contribution in [0.3, 0.4) is 0 Å². The number of aromatic nitrogens is 3. The minimum atomic E-state index is -0.453. The molecule has 0 spiro atoms. The Kier molecular flexibility index (Phi) is 4.93. The summed E-state index contributed by atoms with van der Waals surface area (Å²) in [7, 11) is 1.32. The quantitative estimate of drug-likeness (QED) is 0.778. The molecule has 0 radical (unpaired) electrons. The number of hydrogen-bond donors (Lipinski definition) is 0. The zero-order chi connectivity index (χ0) is 16.9. The number of esters is 1. The lowest BCUT2D eigenvalue weighted by Gasteiger charge is -2.19. The first-order valence-corrected chi connectivity index (χ1v) is 8.04. The second kappa shape index (κ2) is 7.29. The molecule has 0 unspecified atom stereocenters. The maximum atomic E-state index is 12.3. The van der Waals surface area contributed by atoms with Gasteiger partial charge in [0.25, 0.3) is 5.91 Å². The van der Waals surface area contributed by atoms with Gasteiger partial charge < -0.3 is 14.5 Å². The van der Waals surface area contributed by atoms with Crippen molar-refractivity contribution in [2.75, 3.05) is 26.8 Å². The highest BCUT2D eigenvalue weighted by Gasteiger charge is 2.17. The Morgan fingerprint density at radius 3 is 2.62 bits per heavy atom. The Bertz CT molecular complexity index is 735. The van der Waals surface area contributed by atoms with Crippen molar-refractivity contribution in [1.29, 1.82) is 0 Å². The molecule has 2 heterocycles. The van der Waals surface area contributed by atoms with E-state index in [2.05, 4.69) is 10.3 Å². The lowest BCUT2D eigenvalue weighted by molar-refractivity contribution is -0.136. The summed E-state index contributed by atoms with van der Waals surface area (Å²) in [5.41, 5.74) is 1.46.